The second-order valence-corrected chi connectivity index (χ2v) is 2.57. The summed E-state index contributed by atoms with van der Waals surface area (Å²) in [5.74, 6) is 1.95. The van der Waals surface area contributed by atoms with Gasteiger partial charge in [-0.05, 0) is 19.1 Å². The van der Waals surface area contributed by atoms with Gasteiger partial charge in [0, 0.05) is 13.0 Å². The van der Waals surface area contributed by atoms with Crippen molar-refractivity contribution in [1.82, 2.24) is 0 Å². The first-order valence-corrected chi connectivity index (χ1v) is 3.79. The molecule has 4 nitrogen and oxygen atoms in total. The summed E-state index contributed by atoms with van der Waals surface area (Å²) in [4.78, 5) is 3.84. The smallest absolute Gasteiger partial charge is 0.185 e. The molecule has 0 saturated carbocycles. The third kappa shape index (κ3) is 2.65. The molecule has 0 atom stereocenters. The lowest BCUT2D eigenvalue weighted by atomic mass is 10.3. The normalized spacial score (nSPS) is 9.75. The Morgan fingerprint density at radius 2 is 2.25 bits per heavy atom. The standard InChI is InChI=1S/C8H13N3O/c1-6-2-3-7(12-6)4-5-11-8(9)10/h2-3H,4-5H2,1H3,(H4,9,10,11). The van der Waals surface area contributed by atoms with Gasteiger partial charge in [-0.1, -0.05) is 0 Å². The highest BCUT2D eigenvalue weighted by Crippen LogP contribution is 2.06. The van der Waals surface area contributed by atoms with E-state index < -0.39 is 0 Å². The zero-order chi connectivity index (χ0) is 8.97. The zero-order valence-electron chi connectivity index (χ0n) is 7.08. The summed E-state index contributed by atoms with van der Waals surface area (Å²) in [5, 5.41) is 0. The molecule has 4 N–H and O–H groups in total. The van der Waals surface area contributed by atoms with E-state index in [0.717, 1.165) is 17.9 Å². The first kappa shape index (κ1) is 8.64. The number of aryl methyl sites for hydroxylation is 1. The van der Waals surface area contributed by atoms with Crippen LogP contribution >= 0.6 is 0 Å². The van der Waals surface area contributed by atoms with E-state index in [9.17, 15) is 0 Å². The fraction of sp³-hybridized carbons (Fsp3) is 0.375. The van der Waals surface area contributed by atoms with Crippen molar-refractivity contribution in [1.29, 1.82) is 0 Å². The van der Waals surface area contributed by atoms with E-state index in [2.05, 4.69) is 4.99 Å². The molecule has 0 fully saturated rings. The van der Waals surface area contributed by atoms with Gasteiger partial charge in [0.2, 0.25) is 0 Å². The first-order chi connectivity index (χ1) is 5.68. The van der Waals surface area contributed by atoms with Gasteiger partial charge in [-0.3, -0.25) is 4.99 Å². The Bertz CT molecular complexity index is 274. The number of aliphatic imine (C=N–C) groups is 1. The maximum absolute atomic E-state index is 5.31. The van der Waals surface area contributed by atoms with Gasteiger partial charge in [0.15, 0.2) is 5.96 Å². The highest BCUT2D eigenvalue weighted by molar-refractivity contribution is 5.75. The molecule has 0 aliphatic carbocycles. The second-order valence-electron chi connectivity index (χ2n) is 2.57. The molecule has 0 radical (unpaired) electrons. The average Bonchev–Trinajstić information content (AvgIpc) is 2.35. The fourth-order valence-electron chi connectivity index (χ4n) is 0.915. The Labute approximate surface area is 71.3 Å². The Morgan fingerprint density at radius 3 is 2.75 bits per heavy atom. The molecule has 4 heteroatoms. The van der Waals surface area contributed by atoms with Crippen LogP contribution in [0.3, 0.4) is 0 Å². The molecular formula is C8H13N3O. The van der Waals surface area contributed by atoms with Gasteiger partial charge >= 0.3 is 0 Å². The molecule has 0 saturated heterocycles. The highest BCUT2D eigenvalue weighted by atomic mass is 16.3. The molecule has 66 valence electrons. The number of rotatable bonds is 3. The third-order valence-electron chi connectivity index (χ3n) is 1.45. The lowest BCUT2D eigenvalue weighted by Crippen LogP contribution is -2.23. The van der Waals surface area contributed by atoms with Crippen LogP contribution in [-0.4, -0.2) is 12.5 Å². The summed E-state index contributed by atoms with van der Waals surface area (Å²) in [7, 11) is 0. The molecule has 0 aromatic carbocycles. The molecule has 0 aliphatic rings. The topological polar surface area (TPSA) is 77.5 Å². The molecule has 0 amide bonds. The summed E-state index contributed by atoms with van der Waals surface area (Å²) >= 11 is 0. The van der Waals surface area contributed by atoms with E-state index in [1.165, 1.54) is 0 Å². The molecule has 1 aromatic rings. The molecule has 1 rings (SSSR count). The van der Waals surface area contributed by atoms with Gasteiger partial charge in [-0.2, -0.15) is 0 Å². The van der Waals surface area contributed by atoms with Gasteiger partial charge in [-0.15, -0.1) is 0 Å². The number of hydrogen-bond acceptors (Lipinski definition) is 2. The molecule has 0 unspecified atom stereocenters. The van der Waals surface area contributed by atoms with Crippen LogP contribution in [0.5, 0.6) is 0 Å². The minimum atomic E-state index is 0.123. The van der Waals surface area contributed by atoms with Crippen LogP contribution in [0, 0.1) is 6.92 Å². The SMILES string of the molecule is Cc1ccc(CCN=C(N)N)o1. The molecule has 0 spiro atoms. The predicted octanol–water partition coefficient (Wildman–Crippen LogP) is 0.404. The number of nitrogens with two attached hydrogens (primary N) is 2. The van der Waals surface area contributed by atoms with Gasteiger partial charge < -0.3 is 15.9 Å². The van der Waals surface area contributed by atoms with Crippen LogP contribution in [0.25, 0.3) is 0 Å². The summed E-state index contributed by atoms with van der Waals surface area (Å²) < 4.78 is 5.31. The maximum Gasteiger partial charge on any atom is 0.185 e. The zero-order valence-corrected chi connectivity index (χ0v) is 7.08. The fourth-order valence-corrected chi connectivity index (χ4v) is 0.915. The molecule has 0 aliphatic heterocycles. The van der Waals surface area contributed by atoms with Crippen LogP contribution in [0.1, 0.15) is 11.5 Å². The number of guanidine groups is 1. The lowest BCUT2D eigenvalue weighted by molar-refractivity contribution is 0.484. The Hall–Kier alpha value is -1.45. The predicted molar refractivity (Wildman–Crippen MR) is 47.8 cm³/mol. The van der Waals surface area contributed by atoms with Crippen molar-refractivity contribution in [2.24, 2.45) is 16.5 Å². The Kier molecular flexibility index (Phi) is 2.74. The third-order valence-corrected chi connectivity index (χ3v) is 1.45. The van der Waals surface area contributed by atoms with Crippen molar-refractivity contribution < 1.29 is 4.42 Å². The number of hydrogen-bond donors (Lipinski definition) is 2. The Morgan fingerprint density at radius 1 is 1.50 bits per heavy atom. The van der Waals surface area contributed by atoms with E-state index in [-0.39, 0.29) is 5.96 Å². The van der Waals surface area contributed by atoms with Crippen LogP contribution in [0.2, 0.25) is 0 Å². The van der Waals surface area contributed by atoms with Crippen LogP contribution < -0.4 is 11.5 Å². The van der Waals surface area contributed by atoms with Gasteiger partial charge in [0.05, 0.1) is 0 Å². The summed E-state index contributed by atoms with van der Waals surface area (Å²) in [6, 6.07) is 3.85. The van der Waals surface area contributed by atoms with Crippen molar-refractivity contribution >= 4 is 5.96 Å². The Balaban J connectivity index is 2.38. The molecule has 0 bridgehead atoms. The van der Waals surface area contributed by atoms with Gasteiger partial charge in [-0.25, -0.2) is 0 Å². The number of furan rings is 1. The van der Waals surface area contributed by atoms with Crippen molar-refractivity contribution in [2.75, 3.05) is 6.54 Å². The molecule has 1 heterocycles. The largest absolute Gasteiger partial charge is 0.466 e. The summed E-state index contributed by atoms with van der Waals surface area (Å²) in [5.41, 5.74) is 10.3. The minimum Gasteiger partial charge on any atom is -0.466 e. The van der Waals surface area contributed by atoms with Gasteiger partial charge in [0.1, 0.15) is 11.5 Å². The summed E-state index contributed by atoms with van der Waals surface area (Å²) in [6.07, 6.45) is 0.742. The molecule has 1 aromatic heterocycles. The molecule has 12 heavy (non-hydrogen) atoms. The summed E-state index contributed by atoms with van der Waals surface area (Å²) in [6.45, 7) is 2.49. The van der Waals surface area contributed by atoms with Crippen molar-refractivity contribution in [2.45, 2.75) is 13.3 Å². The van der Waals surface area contributed by atoms with Crippen molar-refractivity contribution in [3.8, 4) is 0 Å². The van der Waals surface area contributed by atoms with Crippen molar-refractivity contribution in [3.63, 3.8) is 0 Å². The minimum absolute atomic E-state index is 0.123. The lowest BCUT2D eigenvalue weighted by Gasteiger charge is -1.92. The van der Waals surface area contributed by atoms with Crippen LogP contribution in [0.15, 0.2) is 21.5 Å². The van der Waals surface area contributed by atoms with E-state index in [0.29, 0.717) is 6.54 Å². The monoisotopic (exact) mass is 167 g/mol. The van der Waals surface area contributed by atoms with E-state index in [4.69, 9.17) is 15.9 Å². The van der Waals surface area contributed by atoms with E-state index in [1.54, 1.807) is 0 Å². The average molecular weight is 167 g/mol. The maximum atomic E-state index is 5.31. The van der Waals surface area contributed by atoms with E-state index >= 15 is 0 Å². The quantitative estimate of drug-likeness (QED) is 0.505. The van der Waals surface area contributed by atoms with Gasteiger partial charge in [0.25, 0.3) is 0 Å². The van der Waals surface area contributed by atoms with Crippen molar-refractivity contribution in [3.05, 3.63) is 23.7 Å². The van der Waals surface area contributed by atoms with E-state index in [1.807, 2.05) is 19.1 Å². The highest BCUT2D eigenvalue weighted by Gasteiger charge is 1.96. The van der Waals surface area contributed by atoms with Crippen LogP contribution in [-0.2, 0) is 6.42 Å². The van der Waals surface area contributed by atoms with Crippen LogP contribution in [0.4, 0.5) is 0 Å². The molecular weight excluding hydrogens is 154 g/mol. The first-order valence-electron chi connectivity index (χ1n) is 3.79. The number of nitrogens with zero attached hydrogens (tertiary/aromatic N) is 1. The second kappa shape index (κ2) is 3.80.